The van der Waals surface area contributed by atoms with Crippen molar-refractivity contribution in [3.63, 3.8) is 0 Å². The first kappa shape index (κ1) is 14.1. The summed E-state index contributed by atoms with van der Waals surface area (Å²) >= 11 is 0. The molecule has 4 fully saturated rings. The average Bonchev–Trinajstić information content (AvgIpc) is 3.12. The van der Waals surface area contributed by atoms with E-state index in [-0.39, 0.29) is 22.8 Å². The maximum absolute atomic E-state index is 11.5. The fraction of sp³-hybridized carbons (Fsp3) is 0.688. The third-order valence-corrected chi connectivity index (χ3v) is 6.11. The molecule has 8 heteroatoms. The fourth-order valence-corrected chi connectivity index (χ4v) is 5.63. The second-order valence-electron chi connectivity index (χ2n) is 7.83. The topological polar surface area (TPSA) is 99.9 Å². The lowest BCUT2D eigenvalue weighted by atomic mass is 9.53. The summed E-state index contributed by atoms with van der Waals surface area (Å²) in [6.45, 7) is 1.67. The number of hydrogen-bond acceptors (Lipinski definition) is 6. The van der Waals surface area contributed by atoms with Crippen LogP contribution in [0.25, 0.3) is 11.6 Å². The molecule has 0 radical (unpaired) electrons. The highest BCUT2D eigenvalue weighted by Gasteiger charge is 2.53. The number of aromatic nitrogens is 4. The molecule has 126 valence electrons. The van der Waals surface area contributed by atoms with Gasteiger partial charge in [0.2, 0.25) is 11.6 Å². The normalized spacial score (nSPS) is 34.0. The van der Waals surface area contributed by atoms with Gasteiger partial charge in [-0.15, -0.1) is 10.2 Å². The zero-order valence-electron chi connectivity index (χ0n) is 13.5. The highest BCUT2D eigenvalue weighted by molar-refractivity contribution is 5.60. The number of nitrogens with zero attached hydrogens (tertiary/aromatic N) is 5. The molecule has 0 saturated heterocycles. The van der Waals surface area contributed by atoms with Crippen molar-refractivity contribution < 1.29 is 9.34 Å². The molecule has 4 saturated carbocycles. The van der Waals surface area contributed by atoms with E-state index in [0.717, 1.165) is 37.0 Å². The molecule has 4 bridgehead atoms. The second kappa shape index (κ2) is 4.64. The van der Waals surface area contributed by atoms with Crippen LogP contribution in [0.1, 0.15) is 44.4 Å². The smallest absolute Gasteiger partial charge is 0.320 e. The minimum atomic E-state index is -0.404. The molecule has 0 N–H and O–H groups in total. The van der Waals surface area contributed by atoms with Crippen molar-refractivity contribution in [2.75, 3.05) is 0 Å². The molecule has 2 heterocycles. The van der Waals surface area contributed by atoms with Gasteiger partial charge in [-0.1, -0.05) is 0 Å². The molecule has 4 aliphatic rings. The summed E-state index contributed by atoms with van der Waals surface area (Å²) in [4.78, 5) is 11.1. The van der Waals surface area contributed by atoms with Crippen molar-refractivity contribution in [3.8, 4) is 11.6 Å². The quantitative estimate of drug-likeness (QED) is 0.633. The van der Waals surface area contributed by atoms with E-state index in [1.807, 2.05) is 4.68 Å². The summed E-state index contributed by atoms with van der Waals surface area (Å²) in [5, 5.41) is 23.8. The van der Waals surface area contributed by atoms with Crippen LogP contribution in [-0.4, -0.2) is 24.9 Å². The average molecular weight is 329 g/mol. The zero-order valence-corrected chi connectivity index (χ0v) is 13.5. The largest absolute Gasteiger partial charge is 0.419 e. The summed E-state index contributed by atoms with van der Waals surface area (Å²) < 4.78 is 7.26. The number of nitro groups is 1. The van der Waals surface area contributed by atoms with E-state index >= 15 is 0 Å². The number of aryl methyl sites for hydroxylation is 1. The SMILES string of the molecule is Cc1nnc(-c2nn(C34CC5CC(CC(C5)C3)C4)cc2[N+](=O)[O-])o1. The molecule has 0 atom stereocenters. The van der Waals surface area contributed by atoms with Crippen molar-refractivity contribution in [2.45, 2.75) is 51.0 Å². The molecule has 6 rings (SSSR count). The van der Waals surface area contributed by atoms with E-state index in [2.05, 4.69) is 15.3 Å². The molecular weight excluding hydrogens is 310 g/mol. The molecule has 0 amide bonds. The Balaban J connectivity index is 1.61. The van der Waals surface area contributed by atoms with Gasteiger partial charge in [0.1, 0.15) is 6.20 Å². The second-order valence-corrected chi connectivity index (χ2v) is 7.83. The van der Waals surface area contributed by atoms with Crippen LogP contribution in [0.5, 0.6) is 0 Å². The zero-order chi connectivity index (χ0) is 16.5. The van der Waals surface area contributed by atoms with Gasteiger partial charge in [-0.25, -0.2) is 0 Å². The van der Waals surface area contributed by atoms with Crippen LogP contribution in [0.2, 0.25) is 0 Å². The van der Waals surface area contributed by atoms with Crippen molar-refractivity contribution in [3.05, 3.63) is 22.2 Å². The van der Waals surface area contributed by atoms with Crippen molar-refractivity contribution in [1.29, 1.82) is 0 Å². The molecule has 0 aromatic carbocycles. The van der Waals surface area contributed by atoms with E-state index in [1.165, 1.54) is 19.3 Å². The molecule has 2 aromatic rings. The van der Waals surface area contributed by atoms with Crippen molar-refractivity contribution in [2.24, 2.45) is 17.8 Å². The lowest BCUT2D eigenvalue weighted by Crippen LogP contribution is -2.52. The Bertz CT molecular complexity index is 788. The molecule has 0 spiro atoms. The summed E-state index contributed by atoms with van der Waals surface area (Å²) in [6, 6.07) is 0. The van der Waals surface area contributed by atoms with Gasteiger partial charge >= 0.3 is 5.69 Å². The highest BCUT2D eigenvalue weighted by Crippen LogP contribution is 2.59. The monoisotopic (exact) mass is 329 g/mol. The predicted octanol–water partition coefficient (Wildman–Crippen LogP) is 3.08. The van der Waals surface area contributed by atoms with E-state index in [0.29, 0.717) is 5.89 Å². The molecule has 4 aliphatic carbocycles. The maximum Gasteiger partial charge on any atom is 0.320 e. The molecular formula is C16H19N5O3. The summed E-state index contributed by atoms with van der Waals surface area (Å²) in [7, 11) is 0. The fourth-order valence-electron chi connectivity index (χ4n) is 5.63. The van der Waals surface area contributed by atoms with Gasteiger partial charge in [0.15, 0.2) is 0 Å². The van der Waals surface area contributed by atoms with Gasteiger partial charge in [-0.3, -0.25) is 14.8 Å². The summed E-state index contributed by atoms with van der Waals surface area (Å²) in [6.07, 6.45) is 8.79. The first-order chi connectivity index (χ1) is 11.5. The Kier molecular flexibility index (Phi) is 2.73. The summed E-state index contributed by atoms with van der Waals surface area (Å²) in [5.74, 6) is 2.74. The van der Waals surface area contributed by atoms with Crippen LogP contribution in [0.15, 0.2) is 10.6 Å². The van der Waals surface area contributed by atoms with Gasteiger partial charge in [-0.05, 0) is 56.3 Å². The lowest BCUT2D eigenvalue weighted by Gasteiger charge is -2.56. The lowest BCUT2D eigenvalue weighted by molar-refractivity contribution is -0.384. The van der Waals surface area contributed by atoms with Crippen LogP contribution in [0.4, 0.5) is 5.69 Å². The summed E-state index contributed by atoms with van der Waals surface area (Å²) in [5.41, 5.74) is 0.0815. The van der Waals surface area contributed by atoms with Crippen LogP contribution in [0.3, 0.4) is 0 Å². The van der Waals surface area contributed by atoms with E-state index < -0.39 is 4.92 Å². The van der Waals surface area contributed by atoms with Gasteiger partial charge < -0.3 is 4.42 Å². The van der Waals surface area contributed by atoms with Crippen molar-refractivity contribution >= 4 is 5.69 Å². The Labute approximate surface area is 138 Å². The van der Waals surface area contributed by atoms with Crippen molar-refractivity contribution in [1.82, 2.24) is 20.0 Å². The number of hydrogen-bond donors (Lipinski definition) is 0. The van der Waals surface area contributed by atoms with E-state index in [1.54, 1.807) is 13.1 Å². The van der Waals surface area contributed by atoms with Crippen LogP contribution >= 0.6 is 0 Å². The molecule has 8 nitrogen and oxygen atoms in total. The van der Waals surface area contributed by atoms with E-state index in [9.17, 15) is 10.1 Å². The van der Waals surface area contributed by atoms with Gasteiger partial charge in [0.25, 0.3) is 5.89 Å². The Morgan fingerprint density at radius 1 is 1.21 bits per heavy atom. The third-order valence-electron chi connectivity index (χ3n) is 6.11. The minimum Gasteiger partial charge on any atom is -0.419 e. The third kappa shape index (κ3) is 1.94. The molecule has 24 heavy (non-hydrogen) atoms. The Morgan fingerprint density at radius 2 is 1.83 bits per heavy atom. The van der Waals surface area contributed by atoms with E-state index in [4.69, 9.17) is 4.42 Å². The first-order valence-electron chi connectivity index (χ1n) is 8.57. The van der Waals surface area contributed by atoms with Crippen LogP contribution in [0, 0.1) is 34.8 Å². The van der Waals surface area contributed by atoms with Gasteiger partial charge in [0, 0.05) is 6.92 Å². The molecule has 0 unspecified atom stereocenters. The molecule has 0 aliphatic heterocycles. The standard InChI is InChI=1S/C16H19N5O3/c1-9-17-18-15(24-9)14-13(21(22)23)8-20(19-14)16-5-10-2-11(6-16)4-12(3-10)7-16/h8,10-12H,2-7H2,1H3. The van der Waals surface area contributed by atoms with Gasteiger partial charge in [0.05, 0.1) is 10.5 Å². The Hall–Kier alpha value is -2.25. The Morgan fingerprint density at radius 3 is 2.33 bits per heavy atom. The number of rotatable bonds is 3. The highest BCUT2D eigenvalue weighted by atomic mass is 16.6. The minimum absolute atomic E-state index is 0.0469. The molecule has 2 aromatic heterocycles. The van der Waals surface area contributed by atoms with Crippen LogP contribution in [-0.2, 0) is 5.54 Å². The maximum atomic E-state index is 11.5. The first-order valence-corrected chi connectivity index (χ1v) is 8.57. The van der Waals surface area contributed by atoms with Gasteiger partial charge in [-0.2, -0.15) is 5.10 Å². The van der Waals surface area contributed by atoms with Crippen LogP contribution < -0.4 is 0 Å². The predicted molar refractivity (Wildman–Crippen MR) is 83.1 cm³/mol.